The molecule has 0 heterocycles. The highest BCUT2D eigenvalue weighted by Crippen LogP contribution is 2.57. The molecule has 10 heteroatoms. The van der Waals surface area contributed by atoms with Crippen molar-refractivity contribution in [3.05, 3.63) is 23.3 Å². The van der Waals surface area contributed by atoms with Crippen LogP contribution in [0.15, 0.2) is 23.3 Å². The Morgan fingerprint density at radius 2 is 1.65 bits per heavy atom. The first kappa shape index (κ1) is 22.0. The first-order chi connectivity index (χ1) is 8.52. The molecule has 0 saturated heterocycles. The maximum Gasteiger partial charge on any atom is 0.481 e. The molecule has 0 aliphatic heterocycles. The summed E-state index contributed by atoms with van der Waals surface area (Å²) < 4.78 is 29.5. The minimum absolute atomic E-state index is 0. The van der Waals surface area contributed by atoms with Crippen molar-refractivity contribution in [2.45, 2.75) is 33.6 Å². The van der Waals surface area contributed by atoms with Crippen LogP contribution in [-0.4, -0.2) is 26.8 Å². The molecule has 0 aliphatic rings. The molecule has 0 fully saturated rings. The van der Waals surface area contributed by atoms with Crippen LogP contribution in [0.4, 0.5) is 0 Å². The monoisotopic (exact) mass is 332 g/mol. The first-order valence-electron chi connectivity index (χ1n) is 5.55. The zero-order valence-electron chi connectivity index (χ0n) is 11.6. The van der Waals surface area contributed by atoms with Gasteiger partial charge in [-0.25, -0.2) is 9.13 Å². The number of hydrogen-bond acceptors (Lipinski definition) is 4. The van der Waals surface area contributed by atoms with Crippen molar-refractivity contribution in [2.24, 2.45) is 0 Å². The quantitative estimate of drug-likeness (QED) is 0.455. The van der Waals surface area contributed by atoms with Crippen molar-refractivity contribution < 1.29 is 38.1 Å². The molecule has 0 radical (unpaired) electrons. The van der Waals surface area contributed by atoms with Gasteiger partial charge in [0, 0.05) is 0 Å². The van der Waals surface area contributed by atoms with E-state index in [1.54, 1.807) is 6.08 Å². The number of phosphoric ester groups is 1. The predicted molar refractivity (Wildman–Crippen MR) is 74.9 cm³/mol. The van der Waals surface area contributed by atoms with Crippen molar-refractivity contribution in [1.82, 2.24) is 0 Å². The van der Waals surface area contributed by atoms with Gasteiger partial charge in [-0.15, -0.1) is 0 Å². The van der Waals surface area contributed by atoms with Crippen LogP contribution in [0.3, 0.4) is 0 Å². The molecule has 0 aliphatic carbocycles. The normalized spacial score (nSPS) is 15.2. The van der Waals surface area contributed by atoms with Gasteiger partial charge in [-0.1, -0.05) is 23.3 Å². The molecule has 0 amide bonds. The highest BCUT2D eigenvalue weighted by molar-refractivity contribution is 7.60. The zero-order valence-corrected chi connectivity index (χ0v) is 13.4. The van der Waals surface area contributed by atoms with Crippen LogP contribution in [0, 0.1) is 0 Å². The van der Waals surface area contributed by atoms with E-state index in [0.717, 1.165) is 18.4 Å². The molecule has 0 spiro atoms. The molecule has 120 valence electrons. The highest BCUT2D eigenvalue weighted by atomic mass is 31.3. The van der Waals surface area contributed by atoms with Gasteiger partial charge in [-0.2, -0.15) is 4.31 Å². The van der Waals surface area contributed by atoms with E-state index in [4.69, 9.17) is 14.7 Å². The van der Waals surface area contributed by atoms with Gasteiger partial charge in [0.1, 0.15) is 0 Å². The fraction of sp³-hybridized carbons (Fsp3) is 0.600. The van der Waals surface area contributed by atoms with E-state index in [0.29, 0.717) is 0 Å². The first-order valence-corrected chi connectivity index (χ1v) is 8.57. The minimum Gasteiger partial charge on any atom is -0.412 e. The number of rotatable bonds is 8. The average Bonchev–Trinajstić information content (AvgIpc) is 2.12. The van der Waals surface area contributed by atoms with E-state index in [1.807, 2.05) is 20.8 Å². The van der Waals surface area contributed by atoms with Crippen molar-refractivity contribution in [3.63, 3.8) is 0 Å². The van der Waals surface area contributed by atoms with E-state index < -0.39 is 15.6 Å². The van der Waals surface area contributed by atoms with Gasteiger partial charge in [0.15, 0.2) is 0 Å². The molecule has 0 aromatic rings. The lowest BCUT2D eigenvalue weighted by atomic mass is 10.1. The third-order valence-corrected chi connectivity index (χ3v) is 4.12. The SMILES string of the molecule is CC(C)=CCC/C(C)=C/COP(=O)(O)OP(=O)(O)O.O. The summed E-state index contributed by atoms with van der Waals surface area (Å²) >= 11 is 0. The number of hydrogen-bond donors (Lipinski definition) is 3. The molecule has 0 aromatic carbocycles. The van der Waals surface area contributed by atoms with E-state index in [1.165, 1.54) is 5.57 Å². The maximum absolute atomic E-state index is 11.1. The number of phosphoric acid groups is 2. The predicted octanol–water partition coefficient (Wildman–Crippen LogP) is 2.08. The summed E-state index contributed by atoms with van der Waals surface area (Å²) in [6, 6.07) is 0. The van der Waals surface area contributed by atoms with Gasteiger partial charge in [0.2, 0.25) is 0 Å². The number of allylic oxidation sites excluding steroid dienone is 3. The second kappa shape index (κ2) is 9.60. The summed E-state index contributed by atoms with van der Waals surface area (Å²) in [5.41, 5.74) is 2.15. The summed E-state index contributed by atoms with van der Waals surface area (Å²) in [6.07, 6.45) is 5.24. The van der Waals surface area contributed by atoms with E-state index in [2.05, 4.69) is 14.9 Å². The van der Waals surface area contributed by atoms with Crippen molar-refractivity contribution in [1.29, 1.82) is 0 Å². The molecule has 0 saturated carbocycles. The molecule has 8 nitrogen and oxygen atoms in total. The molecular weight excluding hydrogens is 310 g/mol. The van der Waals surface area contributed by atoms with Crippen LogP contribution in [0.5, 0.6) is 0 Å². The van der Waals surface area contributed by atoms with Gasteiger partial charge in [0.25, 0.3) is 0 Å². The summed E-state index contributed by atoms with van der Waals surface area (Å²) in [6.45, 7) is 5.55. The second-order valence-corrected chi connectivity index (χ2v) is 7.04. The van der Waals surface area contributed by atoms with Gasteiger partial charge in [-0.3, -0.25) is 4.52 Å². The Labute approximate surface area is 118 Å². The summed E-state index contributed by atoms with van der Waals surface area (Å²) in [5, 5.41) is 0. The standard InChI is InChI=1S/C10H20O7P2.H2O/c1-9(2)5-4-6-10(3)7-8-16-19(14,15)17-18(11,12)13;/h5,7H,4,6,8H2,1-3H3,(H,14,15)(H2,11,12,13);1H2/b10-7+;. The summed E-state index contributed by atoms with van der Waals surface area (Å²) in [4.78, 5) is 25.8. The lowest BCUT2D eigenvalue weighted by molar-refractivity contribution is 0.191. The Balaban J connectivity index is 0. The molecule has 0 aromatic heterocycles. The Hall–Kier alpha value is -0.300. The van der Waals surface area contributed by atoms with Crippen LogP contribution >= 0.6 is 15.6 Å². The Bertz CT molecular complexity index is 433. The topological polar surface area (TPSA) is 145 Å². The Kier molecular flexibility index (Phi) is 10.6. The molecule has 1 unspecified atom stereocenters. The van der Waals surface area contributed by atoms with Crippen molar-refractivity contribution in [2.75, 3.05) is 6.61 Å². The van der Waals surface area contributed by atoms with Gasteiger partial charge < -0.3 is 20.2 Å². The zero-order chi connectivity index (χ0) is 15.1. The molecule has 5 N–H and O–H groups in total. The van der Waals surface area contributed by atoms with E-state index in [9.17, 15) is 9.13 Å². The van der Waals surface area contributed by atoms with Crippen LogP contribution in [0.25, 0.3) is 0 Å². The van der Waals surface area contributed by atoms with Crippen molar-refractivity contribution in [3.8, 4) is 0 Å². The fourth-order valence-electron chi connectivity index (χ4n) is 1.12. The van der Waals surface area contributed by atoms with E-state index in [-0.39, 0.29) is 12.1 Å². The average molecular weight is 332 g/mol. The van der Waals surface area contributed by atoms with E-state index >= 15 is 0 Å². The van der Waals surface area contributed by atoms with Crippen molar-refractivity contribution >= 4 is 15.6 Å². The second-order valence-electron chi connectivity index (χ2n) is 4.21. The van der Waals surface area contributed by atoms with Crippen LogP contribution in [-0.2, 0) is 18.0 Å². The van der Waals surface area contributed by atoms with Gasteiger partial charge in [-0.05, 0) is 33.6 Å². The molecule has 0 bridgehead atoms. The Morgan fingerprint density at radius 1 is 1.10 bits per heavy atom. The van der Waals surface area contributed by atoms with Crippen LogP contribution in [0.2, 0.25) is 0 Å². The third kappa shape index (κ3) is 14.1. The van der Waals surface area contributed by atoms with Gasteiger partial charge in [0.05, 0.1) is 6.61 Å². The lowest BCUT2D eigenvalue weighted by Gasteiger charge is -2.11. The fourth-order valence-corrected chi connectivity index (χ4v) is 2.65. The maximum atomic E-state index is 11.1. The minimum atomic E-state index is -5.05. The molecule has 1 atom stereocenters. The molecule has 20 heavy (non-hydrogen) atoms. The lowest BCUT2D eigenvalue weighted by Crippen LogP contribution is -1.94. The van der Waals surface area contributed by atoms with Gasteiger partial charge >= 0.3 is 15.6 Å². The van der Waals surface area contributed by atoms with Crippen LogP contribution in [0.1, 0.15) is 33.6 Å². The van der Waals surface area contributed by atoms with Crippen LogP contribution < -0.4 is 0 Å². The Morgan fingerprint density at radius 3 is 2.10 bits per heavy atom. The molecular formula is C10H22O8P2. The molecule has 0 rings (SSSR count). The largest absolute Gasteiger partial charge is 0.481 e. The highest BCUT2D eigenvalue weighted by Gasteiger charge is 2.31. The third-order valence-electron chi connectivity index (χ3n) is 1.97. The summed E-state index contributed by atoms with van der Waals surface area (Å²) in [5.74, 6) is 0. The smallest absolute Gasteiger partial charge is 0.412 e. The summed E-state index contributed by atoms with van der Waals surface area (Å²) in [7, 11) is -9.78.